The first-order valence-electron chi connectivity index (χ1n) is 8.67. The lowest BCUT2D eigenvalue weighted by Gasteiger charge is -2.12. The molecule has 0 atom stereocenters. The van der Waals surface area contributed by atoms with E-state index in [9.17, 15) is 9.18 Å². The Morgan fingerprint density at radius 3 is 2.60 bits per heavy atom. The van der Waals surface area contributed by atoms with Crippen molar-refractivity contribution in [2.24, 2.45) is 10.9 Å². The van der Waals surface area contributed by atoms with E-state index >= 15 is 0 Å². The third-order valence-electron chi connectivity index (χ3n) is 3.47. The molecule has 0 heterocycles. The standard InChI is InChI=1S/C18H28BrFN4O/c1-4-21-18(24-11-10-22-17(25)13(2)3)23-9-5-6-14-7-8-15(19)12-16(14)20/h7-8,12-13H,4-6,9-11H2,1-3H3,(H,22,25)(H2,21,23,24). The number of halogens is 2. The molecule has 3 N–H and O–H groups in total. The van der Waals surface area contributed by atoms with Crippen molar-refractivity contribution in [1.29, 1.82) is 0 Å². The minimum atomic E-state index is -0.190. The van der Waals surface area contributed by atoms with Crippen LogP contribution in [0.25, 0.3) is 0 Å². The lowest BCUT2D eigenvalue weighted by Crippen LogP contribution is -2.42. The molecule has 0 aliphatic heterocycles. The Labute approximate surface area is 158 Å². The maximum Gasteiger partial charge on any atom is 0.222 e. The molecule has 7 heteroatoms. The van der Waals surface area contributed by atoms with Crippen molar-refractivity contribution in [1.82, 2.24) is 16.0 Å². The molecule has 0 aliphatic carbocycles. The quantitative estimate of drug-likeness (QED) is 0.330. The number of guanidine groups is 1. The van der Waals surface area contributed by atoms with Crippen LogP contribution >= 0.6 is 15.9 Å². The van der Waals surface area contributed by atoms with Crippen molar-refractivity contribution in [2.75, 3.05) is 26.2 Å². The van der Waals surface area contributed by atoms with Gasteiger partial charge in [-0.3, -0.25) is 9.79 Å². The van der Waals surface area contributed by atoms with Crippen LogP contribution in [0.2, 0.25) is 0 Å². The number of nitrogens with one attached hydrogen (secondary N) is 3. The van der Waals surface area contributed by atoms with Gasteiger partial charge in [-0.15, -0.1) is 0 Å². The van der Waals surface area contributed by atoms with Crippen LogP contribution in [0.15, 0.2) is 27.7 Å². The zero-order chi connectivity index (χ0) is 18.7. The Bertz CT molecular complexity index is 578. The molecule has 1 rings (SSSR count). The number of benzene rings is 1. The maximum absolute atomic E-state index is 13.8. The molecule has 1 aromatic rings. The second kappa shape index (κ2) is 11.8. The van der Waals surface area contributed by atoms with Gasteiger partial charge in [0.05, 0.1) is 0 Å². The highest BCUT2D eigenvalue weighted by molar-refractivity contribution is 9.10. The summed E-state index contributed by atoms with van der Waals surface area (Å²) in [5.41, 5.74) is 0.702. The molecular weight excluding hydrogens is 387 g/mol. The van der Waals surface area contributed by atoms with Gasteiger partial charge in [0.15, 0.2) is 5.96 Å². The summed E-state index contributed by atoms with van der Waals surface area (Å²) in [4.78, 5) is 16.0. The Morgan fingerprint density at radius 1 is 1.24 bits per heavy atom. The van der Waals surface area contributed by atoms with E-state index in [1.165, 1.54) is 6.07 Å². The van der Waals surface area contributed by atoms with Gasteiger partial charge in [0.1, 0.15) is 5.82 Å². The van der Waals surface area contributed by atoms with Gasteiger partial charge in [-0.05, 0) is 37.5 Å². The maximum atomic E-state index is 13.8. The molecule has 0 bridgehead atoms. The summed E-state index contributed by atoms with van der Waals surface area (Å²) in [7, 11) is 0. The van der Waals surface area contributed by atoms with Crippen LogP contribution in [-0.2, 0) is 11.2 Å². The predicted molar refractivity (Wildman–Crippen MR) is 104 cm³/mol. The van der Waals surface area contributed by atoms with Crippen LogP contribution < -0.4 is 16.0 Å². The van der Waals surface area contributed by atoms with Gasteiger partial charge in [0.2, 0.25) is 5.91 Å². The summed E-state index contributed by atoms with van der Waals surface area (Å²) < 4.78 is 14.5. The molecule has 0 unspecified atom stereocenters. The van der Waals surface area contributed by atoms with Gasteiger partial charge >= 0.3 is 0 Å². The fourth-order valence-corrected chi connectivity index (χ4v) is 2.43. The summed E-state index contributed by atoms with van der Waals surface area (Å²) >= 11 is 3.26. The van der Waals surface area contributed by atoms with E-state index in [0.717, 1.165) is 17.4 Å². The van der Waals surface area contributed by atoms with Gasteiger partial charge in [0.25, 0.3) is 0 Å². The molecule has 140 valence electrons. The van der Waals surface area contributed by atoms with Gasteiger partial charge in [-0.1, -0.05) is 35.8 Å². The first-order chi connectivity index (χ1) is 11.9. The summed E-state index contributed by atoms with van der Waals surface area (Å²) in [5, 5.41) is 9.18. The Hall–Kier alpha value is -1.63. The molecule has 1 aromatic carbocycles. The van der Waals surface area contributed by atoms with Crippen molar-refractivity contribution < 1.29 is 9.18 Å². The highest BCUT2D eigenvalue weighted by Crippen LogP contribution is 2.16. The third kappa shape index (κ3) is 8.86. The van der Waals surface area contributed by atoms with E-state index in [2.05, 4.69) is 36.9 Å². The number of carbonyl (C=O) groups is 1. The highest BCUT2D eigenvalue weighted by Gasteiger charge is 2.05. The van der Waals surface area contributed by atoms with Crippen LogP contribution in [0.3, 0.4) is 0 Å². The zero-order valence-electron chi connectivity index (χ0n) is 15.2. The molecule has 0 aliphatic rings. The van der Waals surface area contributed by atoms with Crippen molar-refractivity contribution in [3.05, 3.63) is 34.1 Å². The predicted octanol–water partition coefficient (Wildman–Crippen LogP) is 2.85. The van der Waals surface area contributed by atoms with Crippen LogP contribution in [-0.4, -0.2) is 38.0 Å². The molecular formula is C18H28BrFN4O. The lowest BCUT2D eigenvalue weighted by atomic mass is 10.1. The normalized spacial score (nSPS) is 11.5. The summed E-state index contributed by atoms with van der Waals surface area (Å²) in [6, 6.07) is 5.12. The molecule has 25 heavy (non-hydrogen) atoms. The van der Waals surface area contributed by atoms with Crippen LogP contribution in [0.5, 0.6) is 0 Å². The van der Waals surface area contributed by atoms with E-state index in [1.54, 1.807) is 6.07 Å². The van der Waals surface area contributed by atoms with Crippen molar-refractivity contribution in [3.63, 3.8) is 0 Å². The molecule has 0 fully saturated rings. The van der Waals surface area contributed by atoms with E-state index in [0.29, 0.717) is 37.6 Å². The SMILES string of the molecule is CCNC(=NCCCc1ccc(Br)cc1F)NCCNC(=O)C(C)C. The van der Waals surface area contributed by atoms with Crippen molar-refractivity contribution >= 4 is 27.8 Å². The average Bonchev–Trinajstić information content (AvgIpc) is 2.56. The molecule has 0 aromatic heterocycles. The van der Waals surface area contributed by atoms with E-state index < -0.39 is 0 Å². The number of nitrogens with zero attached hydrogens (tertiary/aromatic N) is 1. The highest BCUT2D eigenvalue weighted by atomic mass is 79.9. The summed E-state index contributed by atoms with van der Waals surface area (Å²) in [6.45, 7) is 8.23. The smallest absolute Gasteiger partial charge is 0.222 e. The fourth-order valence-electron chi connectivity index (χ4n) is 2.10. The molecule has 0 radical (unpaired) electrons. The topological polar surface area (TPSA) is 65.5 Å². The lowest BCUT2D eigenvalue weighted by molar-refractivity contribution is -0.123. The van der Waals surface area contributed by atoms with Gasteiger partial charge < -0.3 is 16.0 Å². The zero-order valence-corrected chi connectivity index (χ0v) is 16.7. The van der Waals surface area contributed by atoms with E-state index in [4.69, 9.17) is 0 Å². The summed E-state index contributed by atoms with van der Waals surface area (Å²) in [5.74, 6) is 0.544. The molecule has 0 saturated heterocycles. The number of hydrogen-bond donors (Lipinski definition) is 3. The molecule has 1 amide bonds. The average molecular weight is 415 g/mol. The number of aliphatic imine (C=N–C) groups is 1. The first kappa shape index (κ1) is 21.4. The second-order valence-corrected chi connectivity index (χ2v) is 6.89. The van der Waals surface area contributed by atoms with Gasteiger partial charge in [-0.25, -0.2) is 4.39 Å². The molecule has 0 spiro atoms. The second-order valence-electron chi connectivity index (χ2n) is 5.97. The van der Waals surface area contributed by atoms with Crippen LogP contribution in [0.4, 0.5) is 4.39 Å². The number of rotatable bonds is 9. The largest absolute Gasteiger partial charge is 0.357 e. The number of carbonyl (C=O) groups excluding carboxylic acids is 1. The van der Waals surface area contributed by atoms with E-state index in [-0.39, 0.29) is 17.6 Å². The van der Waals surface area contributed by atoms with Gasteiger partial charge in [-0.2, -0.15) is 0 Å². The minimum Gasteiger partial charge on any atom is -0.357 e. The van der Waals surface area contributed by atoms with Crippen LogP contribution in [0.1, 0.15) is 32.8 Å². The molecule has 5 nitrogen and oxygen atoms in total. The summed E-state index contributed by atoms with van der Waals surface area (Å²) in [6.07, 6.45) is 1.41. The Morgan fingerprint density at radius 2 is 1.96 bits per heavy atom. The monoisotopic (exact) mass is 414 g/mol. The Kier molecular flexibility index (Phi) is 10.1. The van der Waals surface area contributed by atoms with E-state index in [1.807, 2.05) is 26.8 Å². The third-order valence-corrected chi connectivity index (χ3v) is 3.97. The number of amides is 1. The molecule has 0 saturated carbocycles. The fraction of sp³-hybridized carbons (Fsp3) is 0.556. The van der Waals surface area contributed by atoms with Crippen molar-refractivity contribution in [2.45, 2.75) is 33.6 Å². The number of hydrogen-bond acceptors (Lipinski definition) is 2. The van der Waals surface area contributed by atoms with Gasteiger partial charge in [0, 0.05) is 36.6 Å². The first-order valence-corrected chi connectivity index (χ1v) is 9.47. The van der Waals surface area contributed by atoms with Crippen molar-refractivity contribution in [3.8, 4) is 0 Å². The minimum absolute atomic E-state index is 0.0130. The Balaban J connectivity index is 2.35. The number of aryl methyl sites for hydroxylation is 1. The van der Waals surface area contributed by atoms with Crippen LogP contribution in [0, 0.1) is 11.7 Å².